The van der Waals surface area contributed by atoms with Crippen molar-refractivity contribution in [3.05, 3.63) is 41.9 Å². The third-order valence-corrected chi connectivity index (χ3v) is 4.20. The molecule has 138 valence electrons. The Kier molecular flexibility index (Phi) is 5.22. The van der Waals surface area contributed by atoms with Crippen LogP contribution in [0.5, 0.6) is 0 Å². The van der Waals surface area contributed by atoms with E-state index < -0.39 is 17.7 Å². The van der Waals surface area contributed by atoms with Gasteiger partial charge in [0.25, 0.3) is 5.22 Å². The highest BCUT2D eigenvalue weighted by atomic mass is 32.2. The topological polar surface area (TPSA) is 93.0 Å². The molecule has 0 fully saturated rings. The summed E-state index contributed by atoms with van der Waals surface area (Å²) >= 11 is 1.36. The van der Waals surface area contributed by atoms with Crippen LogP contribution in [0.1, 0.15) is 38.3 Å². The van der Waals surface area contributed by atoms with E-state index in [9.17, 15) is 4.79 Å². The predicted octanol–water partition coefficient (Wildman–Crippen LogP) is 4.08. The maximum absolute atomic E-state index is 12.3. The Hall–Kier alpha value is -2.48. The van der Waals surface area contributed by atoms with Gasteiger partial charge < -0.3 is 19.5 Å². The van der Waals surface area contributed by atoms with E-state index >= 15 is 0 Å². The summed E-state index contributed by atoms with van der Waals surface area (Å²) < 4.78 is 11.0. The van der Waals surface area contributed by atoms with Crippen molar-refractivity contribution in [2.45, 2.75) is 44.1 Å². The van der Waals surface area contributed by atoms with Crippen molar-refractivity contribution in [2.24, 2.45) is 0 Å². The van der Waals surface area contributed by atoms with Gasteiger partial charge in [0, 0.05) is 23.5 Å². The molecular weight excluding hydrogens is 352 g/mol. The highest BCUT2D eigenvalue weighted by molar-refractivity contribution is 7.98. The fourth-order valence-electron chi connectivity index (χ4n) is 2.61. The number of carbonyl (C=O) groups excluding carboxylic acids is 1. The summed E-state index contributed by atoms with van der Waals surface area (Å²) in [4.78, 5) is 15.5. The number of aromatic nitrogens is 3. The second kappa shape index (κ2) is 7.41. The van der Waals surface area contributed by atoms with Crippen LogP contribution in [0.4, 0.5) is 4.79 Å². The van der Waals surface area contributed by atoms with Crippen LogP contribution in [0.15, 0.2) is 40.1 Å². The third-order valence-electron chi connectivity index (χ3n) is 3.68. The van der Waals surface area contributed by atoms with Gasteiger partial charge in [-0.2, -0.15) is 0 Å². The Morgan fingerprint density at radius 2 is 2.12 bits per heavy atom. The van der Waals surface area contributed by atoms with Gasteiger partial charge in [0.15, 0.2) is 0 Å². The number of aromatic amines is 1. The number of benzene rings is 1. The molecule has 1 aromatic carbocycles. The molecule has 0 aliphatic carbocycles. The van der Waals surface area contributed by atoms with Gasteiger partial charge in [-0.25, -0.2) is 4.79 Å². The Labute approximate surface area is 155 Å². The Morgan fingerprint density at radius 3 is 2.81 bits per heavy atom. The highest BCUT2D eigenvalue weighted by Gasteiger charge is 2.25. The van der Waals surface area contributed by atoms with Crippen molar-refractivity contribution in [3.63, 3.8) is 0 Å². The van der Waals surface area contributed by atoms with Crippen LogP contribution >= 0.6 is 11.8 Å². The van der Waals surface area contributed by atoms with Crippen LogP contribution in [-0.4, -0.2) is 33.1 Å². The first-order valence-corrected chi connectivity index (χ1v) is 9.50. The first-order valence-electron chi connectivity index (χ1n) is 8.27. The number of ether oxygens (including phenoxy) is 1. The molecule has 0 spiro atoms. The minimum atomic E-state index is -0.589. The predicted molar refractivity (Wildman–Crippen MR) is 100 cm³/mol. The van der Waals surface area contributed by atoms with Crippen LogP contribution in [0.2, 0.25) is 0 Å². The molecule has 26 heavy (non-hydrogen) atoms. The lowest BCUT2D eigenvalue weighted by atomic mass is 10.1. The zero-order valence-electron chi connectivity index (χ0n) is 15.2. The lowest BCUT2D eigenvalue weighted by Gasteiger charge is -2.22. The number of carbonyl (C=O) groups is 1. The standard InChI is InChI=1S/C18H22N4O3S/c1-18(2,3)25-16(23)20-14(15-21-22-17(24-15)26-4)9-11-10-19-13-8-6-5-7-12(11)13/h5-8,10,14,19H,9H2,1-4H3,(H,20,23). The number of nitrogens with zero attached hydrogens (tertiary/aromatic N) is 2. The summed E-state index contributed by atoms with van der Waals surface area (Å²) in [5.41, 5.74) is 1.49. The molecule has 1 amide bonds. The summed E-state index contributed by atoms with van der Waals surface area (Å²) in [7, 11) is 0. The Bertz CT molecular complexity index is 897. The quantitative estimate of drug-likeness (QED) is 0.654. The minimum Gasteiger partial charge on any atom is -0.444 e. The number of thioether (sulfide) groups is 1. The smallest absolute Gasteiger partial charge is 0.408 e. The van der Waals surface area contributed by atoms with Crippen molar-refractivity contribution < 1.29 is 13.9 Å². The molecule has 1 unspecified atom stereocenters. The molecule has 8 heteroatoms. The maximum Gasteiger partial charge on any atom is 0.408 e. The molecule has 0 aliphatic rings. The van der Waals surface area contributed by atoms with Crippen molar-refractivity contribution in [1.82, 2.24) is 20.5 Å². The molecule has 0 bridgehead atoms. The normalized spacial score (nSPS) is 12.9. The number of alkyl carbamates (subject to hydrolysis) is 1. The van der Waals surface area contributed by atoms with Crippen LogP contribution in [0, 0.1) is 0 Å². The Morgan fingerprint density at radius 1 is 1.35 bits per heavy atom. The summed E-state index contributed by atoms with van der Waals surface area (Å²) in [6.07, 6.45) is 3.76. The lowest BCUT2D eigenvalue weighted by molar-refractivity contribution is 0.0494. The monoisotopic (exact) mass is 374 g/mol. The molecular formula is C18H22N4O3S. The number of hydrogen-bond acceptors (Lipinski definition) is 6. The van der Waals surface area contributed by atoms with Crippen LogP contribution in [0.3, 0.4) is 0 Å². The molecule has 0 radical (unpaired) electrons. The van der Waals surface area contributed by atoms with E-state index in [-0.39, 0.29) is 0 Å². The second-order valence-electron chi connectivity index (χ2n) is 6.87. The number of nitrogens with one attached hydrogen (secondary N) is 2. The Balaban J connectivity index is 1.86. The highest BCUT2D eigenvalue weighted by Crippen LogP contribution is 2.25. The maximum atomic E-state index is 12.3. The average Bonchev–Trinajstić information content (AvgIpc) is 3.19. The first-order chi connectivity index (χ1) is 12.4. The fraction of sp³-hybridized carbons (Fsp3) is 0.389. The zero-order chi connectivity index (χ0) is 18.7. The summed E-state index contributed by atoms with van der Waals surface area (Å²) in [6.45, 7) is 5.46. The molecule has 0 aliphatic heterocycles. The largest absolute Gasteiger partial charge is 0.444 e. The molecule has 2 aromatic heterocycles. The van der Waals surface area contributed by atoms with Gasteiger partial charge in [-0.3, -0.25) is 0 Å². The SMILES string of the molecule is CSc1nnc(C(Cc2c[nH]c3ccccc23)NC(=O)OC(C)(C)C)o1. The lowest BCUT2D eigenvalue weighted by Crippen LogP contribution is -2.36. The fourth-order valence-corrected chi connectivity index (χ4v) is 2.91. The molecule has 0 saturated heterocycles. The van der Waals surface area contributed by atoms with E-state index in [4.69, 9.17) is 9.15 Å². The van der Waals surface area contributed by atoms with E-state index in [1.165, 1.54) is 11.8 Å². The number of rotatable bonds is 5. The van der Waals surface area contributed by atoms with E-state index in [1.54, 1.807) is 0 Å². The molecule has 1 atom stereocenters. The van der Waals surface area contributed by atoms with Gasteiger partial charge in [-0.15, -0.1) is 10.2 Å². The van der Waals surface area contributed by atoms with Crippen molar-refractivity contribution in [3.8, 4) is 0 Å². The van der Waals surface area contributed by atoms with E-state index in [2.05, 4.69) is 20.5 Å². The molecule has 7 nitrogen and oxygen atoms in total. The molecule has 3 aromatic rings. The van der Waals surface area contributed by atoms with Gasteiger partial charge in [0.2, 0.25) is 5.89 Å². The number of para-hydroxylation sites is 1. The van der Waals surface area contributed by atoms with Gasteiger partial charge >= 0.3 is 6.09 Å². The van der Waals surface area contributed by atoms with E-state index in [0.29, 0.717) is 17.5 Å². The van der Waals surface area contributed by atoms with Crippen molar-refractivity contribution in [2.75, 3.05) is 6.26 Å². The number of hydrogen-bond donors (Lipinski definition) is 2. The summed E-state index contributed by atoms with van der Waals surface area (Å²) in [6, 6.07) is 7.51. The number of amides is 1. The molecule has 2 heterocycles. The third kappa shape index (κ3) is 4.37. The van der Waals surface area contributed by atoms with Crippen LogP contribution < -0.4 is 5.32 Å². The summed E-state index contributed by atoms with van der Waals surface area (Å²) in [5.74, 6) is 0.352. The van der Waals surface area contributed by atoms with Gasteiger partial charge in [0.05, 0.1) is 0 Å². The number of fused-ring (bicyclic) bond motifs is 1. The minimum absolute atomic E-state index is 0.352. The van der Waals surface area contributed by atoms with Crippen LogP contribution in [0.25, 0.3) is 10.9 Å². The van der Waals surface area contributed by atoms with Gasteiger partial charge in [-0.05, 0) is 38.7 Å². The van der Waals surface area contributed by atoms with Crippen molar-refractivity contribution >= 4 is 28.8 Å². The van der Waals surface area contributed by atoms with Crippen molar-refractivity contribution in [1.29, 1.82) is 0 Å². The van der Waals surface area contributed by atoms with E-state index in [0.717, 1.165) is 16.5 Å². The average molecular weight is 374 g/mol. The molecule has 0 saturated carbocycles. The van der Waals surface area contributed by atoms with Gasteiger partial charge in [-0.1, -0.05) is 30.0 Å². The van der Waals surface area contributed by atoms with E-state index in [1.807, 2.05) is 57.5 Å². The summed E-state index contributed by atoms with van der Waals surface area (Å²) in [5, 5.41) is 12.4. The number of H-pyrrole nitrogens is 1. The second-order valence-corrected chi connectivity index (χ2v) is 7.63. The van der Waals surface area contributed by atoms with Crippen LogP contribution in [-0.2, 0) is 11.2 Å². The first kappa shape index (κ1) is 18.3. The molecule has 3 rings (SSSR count). The van der Waals surface area contributed by atoms with Gasteiger partial charge in [0.1, 0.15) is 11.6 Å². The zero-order valence-corrected chi connectivity index (χ0v) is 16.0. The molecule has 2 N–H and O–H groups in total.